The van der Waals surface area contributed by atoms with E-state index >= 15 is 0 Å². The number of benzene rings is 1. The molecule has 0 saturated heterocycles. The molecule has 1 aromatic carbocycles. The van der Waals surface area contributed by atoms with E-state index in [0.29, 0.717) is 25.5 Å². The number of hydrogen-bond acceptors (Lipinski definition) is 6. The van der Waals surface area contributed by atoms with Crippen LogP contribution < -0.4 is 9.47 Å². The van der Waals surface area contributed by atoms with Crippen LogP contribution in [0.5, 0.6) is 11.5 Å². The first-order valence-corrected chi connectivity index (χ1v) is 9.60. The molecule has 7 heteroatoms. The number of rotatable bonds is 9. The van der Waals surface area contributed by atoms with E-state index in [1.807, 2.05) is 36.6 Å². The van der Waals surface area contributed by atoms with Crippen LogP contribution >= 0.6 is 11.3 Å². The second kappa shape index (κ2) is 9.23. The van der Waals surface area contributed by atoms with Crippen LogP contribution in [0.3, 0.4) is 0 Å². The molecular formula is C20H22N2O4S. The van der Waals surface area contributed by atoms with E-state index < -0.39 is 0 Å². The summed E-state index contributed by atoms with van der Waals surface area (Å²) < 4.78 is 16.1. The smallest absolute Gasteiger partial charge is 0.289 e. The first-order chi connectivity index (χ1) is 13.2. The highest BCUT2D eigenvalue weighted by atomic mass is 32.1. The first kappa shape index (κ1) is 19.0. The zero-order valence-corrected chi connectivity index (χ0v) is 16.2. The molecule has 0 aliphatic carbocycles. The number of hydrogen-bond donors (Lipinski definition) is 0. The quantitative estimate of drug-likeness (QED) is 0.546. The molecule has 0 fully saturated rings. The van der Waals surface area contributed by atoms with E-state index in [9.17, 15) is 4.79 Å². The van der Waals surface area contributed by atoms with Gasteiger partial charge in [-0.05, 0) is 42.8 Å². The standard InChI is InChI=1S/C20H22N2O4S/c1-3-10-22(20(23)18-5-4-11-25-18)12-15-14-27-19(21-15)13-26-17-8-6-16(24-2)7-9-17/h4-9,11,14H,3,10,12-13H2,1-2H3. The summed E-state index contributed by atoms with van der Waals surface area (Å²) in [5, 5.41) is 2.83. The maximum atomic E-state index is 12.5. The Labute approximate surface area is 162 Å². The third-order valence-electron chi connectivity index (χ3n) is 3.89. The van der Waals surface area contributed by atoms with Crippen molar-refractivity contribution in [1.82, 2.24) is 9.88 Å². The molecule has 0 spiro atoms. The molecule has 0 atom stereocenters. The van der Waals surface area contributed by atoms with Crippen molar-refractivity contribution in [2.45, 2.75) is 26.5 Å². The third kappa shape index (κ3) is 5.10. The molecule has 27 heavy (non-hydrogen) atoms. The summed E-state index contributed by atoms with van der Waals surface area (Å²) in [5.41, 5.74) is 0.849. The van der Waals surface area contributed by atoms with E-state index in [1.54, 1.807) is 24.1 Å². The minimum Gasteiger partial charge on any atom is -0.497 e. The first-order valence-electron chi connectivity index (χ1n) is 8.72. The molecule has 2 heterocycles. The molecule has 6 nitrogen and oxygen atoms in total. The summed E-state index contributed by atoms with van der Waals surface area (Å²) in [6.45, 7) is 3.52. The van der Waals surface area contributed by atoms with Crippen molar-refractivity contribution in [3.8, 4) is 11.5 Å². The summed E-state index contributed by atoms with van der Waals surface area (Å²) in [6, 6.07) is 10.8. The van der Waals surface area contributed by atoms with Crippen molar-refractivity contribution in [2.24, 2.45) is 0 Å². The van der Waals surface area contributed by atoms with Gasteiger partial charge >= 0.3 is 0 Å². The molecule has 1 amide bonds. The van der Waals surface area contributed by atoms with Crippen LogP contribution in [-0.2, 0) is 13.2 Å². The van der Waals surface area contributed by atoms with Crippen molar-refractivity contribution in [2.75, 3.05) is 13.7 Å². The maximum absolute atomic E-state index is 12.5. The lowest BCUT2D eigenvalue weighted by molar-refractivity contribution is 0.0709. The second-order valence-electron chi connectivity index (χ2n) is 5.90. The molecule has 0 aliphatic heterocycles. The average Bonchev–Trinajstić information content (AvgIpc) is 3.38. The van der Waals surface area contributed by atoms with E-state index in [1.165, 1.54) is 17.6 Å². The molecule has 0 saturated carbocycles. The van der Waals surface area contributed by atoms with Crippen LogP contribution in [0.25, 0.3) is 0 Å². The average molecular weight is 386 g/mol. The minimum absolute atomic E-state index is 0.120. The Balaban J connectivity index is 1.59. The van der Waals surface area contributed by atoms with Gasteiger partial charge in [-0.3, -0.25) is 4.79 Å². The van der Waals surface area contributed by atoms with Gasteiger partial charge in [-0.2, -0.15) is 0 Å². The second-order valence-corrected chi connectivity index (χ2v) is 6.84. The molecule has 3 aromatic rings. The number of carbonyl (C=O) groups is 1. The fourth-order valence-electron chi connectivity index (χ4n) is 2.58. The lowest BCUT2D eigenvalue weighted by atomic mass is 10.3. The van der Waals surface area contributed by atoms with Gasteiger partial charge < -0.3 is 18.8 Å². The van der Waals surface area contributed by atoms with Crippen LogP contribution in [0.2, 0.25) is 0 Å². The topological polar surface area (TPSA) is 64.8 Å². The highest BCUT2D eigenvalue weighted by Crippen LogP contribution is 2.20. The van der Waals surface area contributed by atoms with Crippen LogP contribution in [0.15, 0.2) is 52.5 Å². The Morgan fingerprint density at radius 1 is 1.22 bits per heavy atom. The predicted octanol–water partition coefficient (Wildman–Crippen LogP) is 4.38. The summed E-state index contributed by atoms with van der Waals surface area (Å²) in [5.74, 6) is 1.77. The van der Waals surface area contributed by atoms with Crippen LogP contribution in [0.1, 0.15) is 34.6 Å². The molecule has 0 N–H and O–H groups in total. The number of furan rings is 1. The highest BCUT2D eigenvalue weighted by Gasteiger charge is 2.19. The molecule has 0 unspecified atom stereocenters. The Morgan fingerprint density at radius 2 is 2.00 bits per heavy atom. The summed E-state index contributed by atoms with van der Waals surface area (Å²) in [6.07, 6.45) is 2.37. The number of thiazole rings is 1. The van der Waals surface area contributed by atoms with E-state index in [-0.39, 0.29) is 5.91 Å². The number of methoxy groups -OCH3 is 1. The SMILES string of the molecule is CCCN(Cc1csc(COc2ccc(OC)cc2)n1)C(=O)c1ccco1. The number of amides is 1. The molecule has 142 valence electrons. The number of ether oxygens (including phenoxy) is 2. The largest absolute Gasteiger partial charge is 0.497 e. The summed E-state index contributed by atoms with van der Waals surface area (Å²) >= 11 is 1.52. The molecule has 0 aliphatic rings. The number of nitrogens with zero attached hydrogens (tertiary/aromatic N) is 2. The van der Waals surface area contributed by atoms with Crippen molar-refractivity contribution in [3.05, 3.63) is 64.5 Å². The van der Waals surface area contributed by atoms with Gasteiger partial charge in [0.1, 0.15) is 23.1 Å². The number of aromatic nitrogens is 1. The normalized spacial score (nSPS) is 10.6. The molecule has 0 bridgehead atoms. The van der Waals surface area contributed by atoms with Gasteiger partial charge in [0.25, 0.3) is 5.91 Å². The van der Waals surface area contributed by atoms with Gasteiger partial charge in [0, 0.05) is 11.9 Å². The minimum atomic E-state index is -0.120. The number of carbonyl (C=O) groups excluding carboxylic acids is 1. The molecule has 3 rings (SSSR count). The predicted molar refractivity (Wildman–Crippen MR) is 103 cm³/mol. The van der Waals surface area contributed by atoms with Gasteiger partial charge in [-0.1, -0.05) is 6.92 Å². The Kier molecular flexibility index (Phi) is 6.49. The van der Waals surface area contributed by atoms with Crippen molar-refractivity contribution in [1.29, 1.82) is 0 Å². The molecule has 2 aromatic heterocycles. The zero-order chi connectivity index (χ0) is 19.1. The van der Waals surface area contributed by atoms with Gasteiger partial charge in [-0.15, -0.1) is 11.3 Å². The highest BCUT2D eigenvalue weighted by molar-refractivity contribution is 7.09. The van der Waals surface area contributed by atoms with Gasteiger partial charge in [-0.25, -0.2) is 4.98 Å². The monoisotopic (exact) mass is 386 g/mol. The lowest BCUT2D eigenvalue weighted by Crippen LogP contribution is -2.31. The third-order valence-corrected chi connectivity index (χ3v) is 4.76. The van der Waals surface area contributed by atoms with Crippen molar-refractivity contribution in [3.63, 3.8) is 0 Å². The Bertz CT molecular complexity index is 843. The van der Waals surface area contributed by atoms with Crippen molar-refractivity contribution < 1.29 is 18.7 Å². The van der Waals surface area contributed by atoms with Gasteiger partial charge in [0.2, 0.25) is 0 Å². The Hall–Kier alpha value is -2.80. The molecule has 0 radical (unpaired) electrons. The van der Waals surface area contributed by atoms with E-state index in [2.05, 4.69) is 4.98 Å². The van der Waals surface area contributed by atoms with Crippen molar-refractivity contribution >= 4 is 17.2 Å². The zero-order valence-electron chi connectivity index (χ0n) is 15.4. The fraction of sp³-hybridized carbons (Fsp3) is 0.300. The Morgan fingerprint density at radius 3 is 2.67 bits per heavy atom. The van der Waals surface area contributed by atoms with Gasteiger partial charge in [0.05, 0.1) is 25.6 Å². The van der Waals surface area contributed by atoms with E-state index in [4.69, 9.17) is 13.9 Å². The maximum Gasteiger partial charge on any atom is 0.289 e. The van der Waals surface area contributed by atoms with Crippen LogP contribution in [-0.4, -0.2) is 29.4 Å². The molecular weight excluding hydrogens is 364 g/mol. The summed E-state index contributed by atoms with van der Waals surface area (Å²) in [7, 11) is 1.63. The van der Waals surface area contributed by atoms with Crippen LogP contribution in [0.4, 0.5) is 0 Å². The summed E-state index contributed by atoms with van der Waals surface area (Å²) in [4.78, 5) is 18.9. The van der Waals surface area contributed by atoms with E-state index in [0.717, 1.165) is 28.6 Å². The van der Waals surface area contributed by atoms with Gasteiger partial charge in [0.15, 0.2) is 5.76 Å². The van der Waals surface area contributed by atoms with Crippen LogP contribution in [0, 0.1) is 0 Å². The fourth-order valence-corrected chi connectivity index (χ4v) is 3.28. The lowest BCUT2D eigenvalue weighted by Gasteiger charge is -2.19.